The van der Waals surface area contributed by atoms with Crippen LogP contribution in [0.4, 0.5) is 0 Å². The summed E-state index contributed by atoms with van der Waals surface area (Å²) in [4.78, 5) is 26.4. The fraction of sp³-hybridized carbons (Fsp3) is 0.381. The highest BCUT2D eigenvalue weighted by molar-refractivity contribution is 6.45. The van der Waals surface area contributed by atoms with Crippen molar-refractivity contribution in [1.29, 1.82) is 0 Å². The monoisotopic (exact) mass is 463 g/mol. The molecule has 1 atom stereocenters. The molecule has 1 aliphatic rings. The van der Waals surface area contributed by atoms with Gasteiger partial charge in [0, 0.05) is 41.9 Å². The molecule has 31 heavy (non-hydrogen) atoms. The van der Waals surface area contributed by atoms with Gasteiger partial charge in [-0.2, -0.15) is 5.10 Å². The van der Waals surface area contributed by atoms with E-state index >= 15 is 0 Å². The van der Waals surface area contributed by atoms with Crippen LogP contribution in [0.15, 0.2) is 24.5 Å². The van der Waals surface area contributed by atoms with Crippen LogP contribution in [0.5, 0.6) is 0 Å². The number of aromatic amines is 1. The van der Waals surface area contributed by atoms with Crippen molar-refractivity contribution in [3.63, 3.8) is 0 Å². The van der Waals surface area contributed by atoms with Gasteiger partial charge < -0.3 is 20.4 Å². The molecule has 10 heteroatoms. The highest BCUT2D eigenvalue weighted by Crippen LogP contribution is 2.38. The van der Waals surface area contributed by atoms with Crippen molar-refractivity contribution in [3.8, 4) is 11.1 Å². The molecule has 8 nitrogen and oxygen atoms in total. The fourth-order valence-electron chi connectivity index (χ4n) is 3.73. The van der Waals surface area contributed by atoms with E-state index in [1.807, 2.05) is 16.9 Å². The third-order valence-electron chi connectivity index (χ3n) is 5.24. The number of halogens is 2. The third-order valence-corrected chi connectivity index (χ3v) is 6.05. The second-order valence-electron chi connectivity index (χ2n) is 7.48. The normalized spacial score (nSPS) is 16.4. The largest absolute Gasteiger partial charge is 0.357 e. The summed E-state index contributed by atoms with van der Waals surface area (Å²) in [5.41, 5.74) is 3.22. The highest BCUT2D eigenvalue weighted by Gasteiger charge is 2.21. The molecule has 3 aromatic rings. The third kappa shape index (κ3) is 4.71. The van der Waals surface area contributed by atoms with Crippen molar-refractivity contribution in [2.75, 3.05) is 13.2 Å². The summed E-state index contributed by atoms with van der Waals surface area (Å²) in [7, 11) is 0. The number of hydrogen-bond acceptors (Lipinski definition) is 4. The zero-order valence-corrected chi connectivity index (χ0v) is 18.5. The summed E-state index contributed by atoms with van der Waals surface area (Å²) < 4.78 is 7.67. The molecule has 3 heterocycles. The lowest BCUT2D eigenvalue weighted by atomic mass is 10.0. The van der Waals surface area contributed by atoms with E-state index in [4.69, 9.17) is 27.9 Å². The first-order valence-corrected chi connectivity index (χ1v) is 10.9. The number of nitrogens with zero attached hydrogens (tertiary/aromatic N) is 2. The van der Waals surface area contributed by atoms with Gasteiger partial charge >= 0.3 is 0 Å². The number of rotatable bonds is 6. The SMILES string of the molecule is CC(=O)NCC(=O)NCc1[nH]c2c(Cl)c(Cl)ccc2c1-c1cnn(C2CCCCO2)c1. The van der Waals surface area contributed by atoms with Crippen molar-refractivity contribution < 1.29 is 14.3 Å². The van der Waals surface area contributed by atoms with Crippen LogP contribution in [0, 0.1) is 0 Å². The number of amides is 2. The average Bonchev–Trinajstić information content (AvgIpc) is 3.39. The van der Waals surface area contributed by atoms with Gasteiger partial charge in [-0.25, -0.2) is 4.68 Å². The second kappa shape index (κ2) is 9.30. The first-order chi connectivity index (χ1) is 14.9. The van der Waals surface area contributed by atoms with Crippen LogP contribution in [0.1, 0.15) is 38.1 Å². The lowest BCUT2D eigenvalue weighted by molar-refractivity contribution is -0.125. The maximum Gasteiger partial charge on any atom is 0.239 e. The Hall–Kier alpha value is -2.55. The van der Waals surface area contributed by atoms with Crippen molar-refractivity contribution in [2.24, 2.45) is 0 Å². The lowest BCUT2D eigenvalue weighted by Gasteiger charge is -2.22. The molecule has 0 aliphatic carbocycles. The molecule has 4 rings (SSSR count). The van der Waals surface area contributed by atoms with Crippen molar-refractivity contribution in [3.05, 3.63) is 40.3 Å². The van der Waals surface area contributed by atoms with Gasteiger partial charge in [0.05, 0.1) is 34.8 Å². The molecule has 3 N–H and O–H groups in total. The minimum absolute atomic E-state index is 0.0773. The Morgan fingerprint density at radius 3 is 2.87 bits per heavy atom. The molecule has 1 fully saturated rings. The van der Waals surface area contributed by atoms with Crippen molar-refractivity contribution in [2.45, 2.75) is 39.0 Å². The Labute approximate surface area is 189 Å². The molecule has 0 radical (unpaired) electrons. The van der Waals surface area contributed by atoms with Crippen LogP contribution >= 0.6 is 23.2 Å². The highest BCUT2D eigenvalue weighted by atomic mass is 35.5. The first kappa shape index (κ1) is 21.7. The average molecular weight is 464 g/mol. The van der Waals surface area contributed by atoms with Crippen LogP contribution < -0.4 is 10.6 Å². The number of carbonyl (C=O) groups excluding carboxylic acids is 2. The Morgan fingerprint density at radius 1 is 1.29 bits per heavy atom. The molecule has 1 unspecified atom stereocenters. The van der Waals surface area contributed by atoms with Gasteiger partial charge in [0.1, 0.15) is 6.23 Å². The Kier molecular flexibility index (Phi) is 6.50. The van der Waals surface area contributed by atoms with Gasteiger partial charge in [-0.15, -0.1) is 0 Å². The maximum atomic E-state index is 12.1. The van der Waals surface area contributed by atoms with Crippen LogP contribution in [-0.4, -0.2) is 39.7 Å². The second-order valence-corrected chi connectivity index (χ2v) is 8.26. The Balaban J connectivity index is 1.67. The predicted octanol–water partition coefficient (Wildman–Crippen LogP) is 3.79. The van der Waals surface area contributed by atoms with E-state index in [-0.39, 0.29) is 31.1 Å². The topological polar surface area (TPSA) is 101 Å². The molecule has 0 saturated carbocycles. The van der Waals surface area contributed by atoms with E-state index in [1.165, 1.54) is 6.92 Å². The number of benzene rings is 1. The van der Waals surface area contributed by atoms with Crippen LogP contribution in [0.25, 0.3) is 22.0 Å². The molecule has 2 amide bonds. The first-order valence-electron chi connectivity index (χ1n) is 10.1. The summed E-state index contributed by atoms with van der Waals surface area (Å²) in [5.74, 6) is -0.560. The summed E-state index contributed by atoms with van der Waals surface area (Å²) in [6.07, 6.45) is 6.74. The summed E-state index contributed by atoms with van der Waals surface area (Å²) in [6, 6.07) is 3.64. The van der Waals surface area contributed by atoms with Gasteiger partial charge in [0.15, 0.2) is 0 Å². The quantitative estimate of drug-likeness (QED) is 0.517. The van der Waals surface area contributed by atoms with Crippen molar-refractivity contribution in [1.82, 2.24) is 25.4 Å². The number of fused-ring (bicyclic) bond motifs is 1. The van der Waals surface area contributed by atoms with Gasteiger partial charge in [0.2, 0.25) is 11.8 Å². The zero-order chi connectivity index (χ0) is 22.0. The number of carbonyl (C=O) groups is 2. The van der Waals surface area contributed by atoms with E-state index in [9.17, 15) is 9.59 Å². The molecular weight excluding hydrogens is 441 g/mol. The van der Waals surface area contributed by atoms with E-state index in [2.05, 4.69) is 20.7 Å². The smallest absolute Gasteiger partial charge is 0.239 e. The Bertz CT molecular complexity index is 1120. The number of ether oxygens (including phenoxy) is 1. The van der Waals surface area contributed by atoms with Gasteiger partial charge in [-0.05, 0) is 25.3 Å². The molecule has 0 spiro atoms. The fourth-order valence-corrected chi connectivity index (χ4v) is 4.10. The molecule has 164 valence electrons. The molecular formula is C21H23Cl2N5O3. The number of aromatic nitrogens is 3. The van der Waals surface area contributed by atoms with E-state index in [0.29, 0.717) is 15.6 Å². The van der Waals surface area contributed by atoms with Crippen LogP contribution in [-0.2, 0) is 20.9 Å². The summed E-state index contributed by atoms with van der Waals surface area (Å²) in [6.45, 7) is 2.23. The predicted molar refractivity (Wildman–Crippen MR) is 119 cm³/mol. The number of nitrogens with one attached hydrogen (secondary N) is 3. The standard InChI is InChI=1S/C21H23Cl2N5O3/c1-12(29)24-10-17(30)25-9-16-19(14-5-6-15(22)20(23)21(14)27-16)13-8-26-28(11-13)18-4-2-3-7-31-18/h5-6,8,11,18,27H,2-4,7,9-10H2,1H3,(H,24,29)(H,25,30). The molecule has 2 aromatic heterocycles. The van der Waals surface area contributed by atoms with Gasteiger partial charge in [0.25, 0.3) is 0 Å². The van der Waals surface area contributed by atoms with Crippen LogP contribution in [0.2, 0.25) is 10.0 Å². The minimum atomic E-state index is -0.296. The molecule has 1 aromatic carbocycles. The lowest BCUT2D eigenvalue weighted by Crippen LogP contribution is -2.35. The zero-order valence-electron chi connectivity index (χ0n) is 17.0. The van der Waals surface area contributed by atoms with Gasteiger partial charge in [-0.3, -0.25) is 9.59 Å². The van der Waals surface area contributed by atoms with Crippen molar-refractivity contribution >= 4 is 45.9 Å². The molecule has 1 saturated heterocycles. The summed E-state index contributed by atoms with van der Waals surface area (Å²) >= 11 is 12.6. The van der Waals surface area contributed by atoms with Gasteiger partial charge in [-0.1, -0.05) is 29.3 Å². The Morgan fingerprint density at radius 2 is 2.13 bits per heavy atom. The van der Waals surface area contributed by atoms with E-state index in [1.54, 1.807) is 12.3 Å². The maximum absolute atomic E-state index is 12.1. The minimum Gasteiger partial charge on any atom is -0.357 e. The van der Waals surface area contributed by atoms with E-state index in [0.717, 1.165) is 48.1 Å². The molecule has 1 aliphatic heterocycles. The molecule has 0 bridgehead atoms. The van der Waals surface area contributed by atoms with Crippen LogP contribution in [0.3, 0.4) is 0 Å². The number of H-pyrrole nitrogens is 1. The summed E-state index contributed by atoms with van der Waals surface area (Å²) in [5, 5.41) is 11.5. The number of hydrogen-bond donors (Lipinski definition) is 3. The van der Waals surface area contributed by atoms with E-state index < -0.39 is 0 Å².